The molecule has 1 fully saturated rings. The van der Waals surface area contributed by atoms with Gasteiger partial charge < -0.3 is 4.90 Å². The zero-order chi connectivity index (χ0) is 11.4. The van der Waals surface area contributed by atoms with Crippen LogP contribution < -0.4 is 4.90 Å². The molecule has 16 heavy (non-hydrogen) atoms. The molecule has 0 amide bonds. The molecule has 0 bridgehead atoms. The van der Waals surface area contributed by atoms with Crippen molar-refractivity contribution in [1.82, 2.24) is 0 Å². The molecule has 0 N–H and O–H groups in total. The maximum atomic E-state index is 13.1. The third kappa shape index (κ3) is 2.33. The average Bonchev–Trinajstić information content (AvgIpc) is 2.30. The number of hydrogen-bond acceptors (Lipinski definition) is 2. The molecule has 1 aliphatic rings. The van der Waals surface area contributed by atoms with Crippen LogP contribution in [0.2, 0.25) is 0 Å². The smallest absolute Gasteiger partial charge is 0.125 e. The second kappa shape index (κ2) is 4.98. The lowest BCUT2D eigenvalue weighted by Crippen LogP contribution is -2.39. The van der Waals surface area contributed by atoms with E-state index < -0.39 is 0 Å². The van der Waals surface area contributed by atoms with E-state index in [1.807, 2.05) is 6.07 Å². The number of anilines is 1. The molecular weight excluding hydrogens is 203 g/mol. The summed E-state index contributed by atoms with van der Waals surface area (Å²) in [4.78, 5) is 2.16. The van der Waals surface area contributed by atoms with Gasteiger partial charge in [0.05, 0.1) is 12.5 Å². The Morgan fingerprint density at radius 1 is 1.44 bits per heavy atom. The minimum Gasteiger partial charge on any atom is -0.367 e. The van der Waals surface area contributed by atoms with Crippen LogP contribution in [0.1, 0.15) is 25.7 Å². The monoisotopic (exact) mass is 218 g/mol. The Balaban J connectivity index is 2.20. The number of rotatable bonds is 2. The summed E-state index contributed by atoms with van der Waals surface area (Å²) in [6.45, 7) is 0.926. The van der Waals surface area contributed by atoms with E-state index in [1.165, 1.54) is 6.07 Å². The molecule has 3 heteroatoms. The summed E-state index contributed by atoms with van der Waals surface area (Å²) in [7, 11) is 0. The summed E-state index contributed by atoms with van der Waals surface area (Å²) < 4.78 is 13.1. The second-order valence-corrected chi connectivity index (χ2v) is 4.19. The molecule has 0 aliphatic carbocycles. The Kier molecular flexibility index (Phi) is 3.40. The van der Waals surface area contributed by atoms with E-state index in [1.54, 1.807) is 12.1 Å². The zero-order valence-corrected chi connectivity index (χ0v) is 9.19. The van der Waals surface area contributed by atoms with Crippen molar-refractivity contribution in [3.05, 3.63) is 30.1 Å². The average molecular weight is 218 g/mol. The standard InChI is InChI=1S/C13H15FN2/c14-11-4-3-6-13(10-11)16-9-2-1-5-12(16)7-8-15/h3-4,6,10,12H,1-2,5,7,9H2. The van der Waals surface area contributed by atoms with Gasteiger partial charge in [0.2, 0.25) is 0 Å². The number of nitriles is 1. The van der Waals surface area contributed by atoms with Crippen LogP contribution >= 0.6 is 0 Å². The summed E-state index contributed by atoms with van der Waals surface area (Å²) in [5.41, 5.74) is 0.903. The summed E-state index contributed by atoms with van der Waals surface area (Å²) >= 11 is 0. The fourth-order valence-electron chi connectivity index (χ4n) is 2.31. The third-order valence-electron chi connectivity index (χ3n) is 3.09. The highest BCUT2D eigenvalue weighted by atomic mass is 19.1. The number of halogens is 1. The van der Waals surface area contributed by atoms with Gasteiger partial charge >= 0.3 is 0 Å². The molecule has 84 valence electrons. The summed E-state index contributed by atoms with van der Waals surface area (Å²) in [6.07, 6.45) is 3.84. The molecule has 1 heterocycles. The second-order valence-electron chi connectivity index (χ2n) is 4.19. The molecule has 0 radical (unpaired) electrons. The molecule has 1 unspecified atom stereocenters. The summed E-state index contributed by atoms with van der Waals surface area (Å²) in [5, 5.41) is 8.79. The van der Waals surface area contributed by atoms with E-state index in [0.717, 1.165) is 31.5 Å². The van der Waals surface area contributed by atoms with Crippen LogP contribution in [0.15, 0.2) is 24.3 Å². The Hall–Kier alpha value is -1.56. The van der Waals surface area contributed by atoms with Crippen molar-refractivity contribution >= 4 is 5.69 Å². The first-order chi connectivity index (χ1) is 7.81. The van der Waals surface area contributed by atoms with Crippen molar-refractivity contribution < 1.29 is 4.39 Å². The van der Waals surface area contributed by atoms with Gasteiger partial charge in [-0.25, -0.2) is 4.39 Å². The lowest BCUT2D eigenvalue weighted by atomic mass is 9.99. The molecule has 0 spiro atoms. The summed E-state index contributed by atoms with van der Waals surface area (Å²) in [6, 6.07) is 9.11. The molecule has 1 aliphatic heterocycles. The first-order valence-corrected chi connectivity index (χ1v) is 5.70. The molecule has 0 saturated carbocycles. The highest BCUT2D eigenvalue weighted by Gasteiger charge is 2.22. The zero-order valence-electron chi connectivity index (χ0n) is 9.19. The van der Waals surface area contributed by atoms with E-state index in [0.29, 0.717) is 6.42 Å². The molecule has 1 atom stereocenters. The van der Waals surface area contributed by atoms with Crippen LogP contribution in [0, 0.1) is 17.1 Å². The van der Waals surface area contributed by atoms with Gasteiger partial charge in [-0.3, -0.25) is 0 Å². The molecule has 1 saturated heterocycles. The number of nitrogens with zero attached hydrogens (tertiary/aromatic N) is 2. The Morgan fingerprint density at radius 3 is 3.06 bits per heavy atom. The highest BCUT2D eigenvalue weighted by molar-refractivity contribution is 5.48. The van der Waals surface area contributed by atoms with Crippen molar-refractivity contribution in [2.45, 2.75) is 31.7 Å². The maximum Gasteiger partial charge on any atom is 0.125 e. The van der Waals surface area contributed by atoms with E-state index in [-0.39, 0.29) is 11.9 Å². The van der Waals surface area contributed by atoms with Crippen LogP contribution in [-0.4, -0.2) is 12.6 Å². The Labute approximate surface area is 95.3 Å². The van der Waals surface area contributed by atoms with Gasteiger partial charge in [-0.15, -0.1) is 0 Å². The van der Waals surface area contributed by atoms with Crippen LogP contribution in [0.4, 0.5) is 10.1 Å². The fourth-order valence-corrected chi connectivity index (χ4v) is 2.31. The molecule has 0 aromatic heterocycles. The quantitative estimate of drug-likeness (QED) is 0.762. The number of hydrogen-bond donors (Lipinski definition) is 0. The van der Waals surface area contributed by atoms with Crippen LogP contribution in [0.3, 0.4) is 0 Å². The number of benzene rings is 1. The van der Waals surface area contributed by atoms with Crippen molar-refractivity contribution in [1.29, 1.82) is 5.26 Å². The van der Waals surface area contributed by atoms with Crippen LogP contribution in [0.25, 0.3) is 0 Å². The Morgan fingerprint density at radius 2 is 2.31 bits per heavy atom. The van der Waals surface area contributed by atoms with Crippen molar-refractivity contribution in [2.75, 3.05) is 11.4 Å². The Bertz CT molecular complexity index is 397. The van der Waals surface area contributed by atoms with E-state index >= 15 is 0 Å². The maximum absolute atomic E-state index is 13.1. The first kappa shape index (κ1) is 10.9. The SMILES string of the molecule is N#CCC1CCCCN1c1cccc(F)c1. The van der Waals surface area contributed by atoms with Gasteiger partial charge in [-0.05, 0) is 37.5 Å². The van der Waals surface area contributed by atoms with Crippen molar-refractivity contribution in [2.24, 2.45) is 0 Å². The number of piperidine rings is 1. The predicted molar refractivity (Wildman–Crippen MR) is 61.6 cm³/mol. The lowest BCUT2D eigenvalue weighted by molar-refractivity contribution is 0.464. The predicted octanol–water partition coefficient (Wildman–Crippen LogP) is 3.10. The highest BCUT2D eigenvalue weighted by Crippen LogP contribution is 2.26. The van der Waals surface area contributed by atoms with Crippen molar-refractivity contribution in [3.8, 4) is 6.07 Å². The molecular formula is C13H15FN2. The van der Waals surface area contributed by atoms with E-state index in [9.17, 15) is 4.39 Å². The van der Waals surface area contributed by atoms with Crippen LogP contribution in [-0.2, 0) is 0 Å². The fraction of sp³-hybridized carbons (Fsp3) is 0.462. The normalized spacial score (nSPS) is 20.5. The van der Waals surface area contributed by atoms with Gasteiger partial charge in [-0.1, -0.05) is 6.07 Å². The van der Waals surface area contributed by atoms with Crippen molar-refractivity contribution in [3.63, 3.8) is 0 Å². The molecule has 1 aromatic carbocycles. The molecule has 1 aromatic rings. The van der Waals surface area contributed by atoms with E-state index in [4.69, 9.17) is 5.26 Å². The first-order valence-electron chi connectivity index (χ1n) is 5.70. The topological polar surface area (TPSA) is 27.0 Å². The van der Waals surface area contributed by atoms with Gasteiger partial charge in [0.15, 0.2) is 0 Å². The largest absolute Gasteiger partial charge is 0.367 e. The van der Waals surface area contributed by atoms with Gasteiger partial charge in [0.25, 0.3) is 0 Å². The lowest BCUT2D eigenvalue weighted by Gasteiger charge is -2.36. The van der Waals surface area contributed by atoms with Gasteiger partial charge in [0, 0.05) is 18.3 Å². The third-order valence-corrected chi connectivity index (χ3v) is 3.09. The minimum atomic E-state index is -0.209. The minimum absolute atomic E-state index is 0.209. The molecule has 2 nitrogen and oxygen atoms in total. The van der Waals surface area contributed by atoms with Gasteiger partial charge in [-0.2, -0.15) is 5.26 Å². The van der Waals surface area contributed by atoms with Gasteiger partial charge in [0.1, 0.15) is 5.82 Å². The molecule has 2 rings (SSSR count). The van der Waals surface area contributed by atoms with E-state index in [2.05, 4.69) is 11.0 Å². The summed E-state index contributed by atoms with van der Waals surface area (Å²) in [5.74, 6) is -0.209. The van der Waals surface area contributed by atoms with Crippen LogP contribution in [0.5, 0.6) is 0 Å².